The fraction of sp³-hybridized carbons (Fsp3) is 0.800. The van der Waals surface area contributed by atoms with Gasteiger partial charge in [-0.25, -0.2) is 0 Å². The number of carbonyl (C=O) groups excluding carboxylic acids is 2. The van der Waals surface area contributed by atoms with Crippen molar-refractivity contribution < 1.29 is 19.5 Å². The van der Waals surface area contributed by atoms with E-state index in [-0.39, 0.29) is 30.7 Å². The molecule has 1 saturated heterocycles. The molecule has 1 heterocycles. The molecule has 2 N–H and O–H groups in total. The van der Waals surface area contributed by atoms with Gasteiger partial charge in [-0.2, -0.15) is 0 Å². The van der Waals surface area contributed by atoms with E-state index < -0.39 is 11.4 Å². The van der Waals surface area contributed by atoms with Gasteiger partial charge in [-0.15, -0.1) is 0 Å². The van der Waals surface area contributed by atoms with Crippen LogP contribution >= 0.6 is 0 Å². The Morgan fingerprint density at radius 3 is 2.57 bits per heavy atom. The lowest BCUT2D eigenvalue weighted by atomic mass is 9.87. The maximum atomic E-state index is 12.1. The maximum absolute atomic E-state index is 12.1. The Morgan fingerprint density at radius 2 is 2.10 bits per heavy atom. The lowest BCUT2D eigenvalue weighted by molar-refractivity contribution is -0.148. The Kier molecular flexibility index (Phi) is 5.75. The summed E-state index contributed by atoms with van der Waals surface area (Å²) in [6.45, 7) is 8.63. The molecule has 6 nitrogen and oxygen atoms in total. The fourth-order valence-electron chi connectivity index (χ4n) is 2.34. The van der Waals surface area contributed by atoms with Gasteiger partial charge in [0.05, 0.1) is 11.3 Å². The number of hydrogen-bond donors (Lipinski definition) is 2. The normalized spacial score (nSPS) is 21.5. The van der Waals surface area contributed by atoms with Gasteiger partial charge in [0.25, 0.3) is 0 Å². The van der Waals surface area contributed by atoms with Crippen molar-refractivity contribution in [3.05, 3.63) is 0 Å². The molecule has 1 aliphatic rings. The van der Waals surface area contributed by atoms with Crippen molar-refractivity contribution in [3.8, 4) is 0 Å². The molecule has 1 rings (SSSR count). The smallest absolute Gasteiger partial charge is 0.311 e. The quantitative estimate of drug-likeness (QED) is 0.737. The molecule has 0 aromatic rings. The van der Waals surface area contributed by atoms with E-state index >= 15 is 0 Å². The number of nitrogens with one attached hydrogen (secondary N) is 1. The highest BCUT2D eigenvalue weighted by molar-refractivity contribution is 5.89. The van der Waals surface area contributed by atoms with Crippen LogP contribution in [0.25, 0.3) is 0 Å². The average molecular weight is 298 g/mol. The summed E-state index contributed by atoms with van der Waals surface area (Å²) in [4.78, 5) is 36.9. The Hall–Kier alpha value is -1.59. The number of nitrogens with zero attached hydrogens (tertiary/aromatic N) is 1. The van der Waals surface area contributed by atoms with Gasteiger partial charge in [-0.3, -0.25) is 14.4 Å². The fourth-order valence-corrected chi connectivity index (χ4v) is 2.34. The average Bonchev–Trinajstić information content (AvgIpc) is 2.76. The molecule has 0 saturated carbocycles. The molecule has 2 atom stereocenters. The number of likely N-dealkylation sites (tertiary alicyclic amines) is 1. The monoisotopic (exact) mass is 298 g/mol. The van der Waals surface area contributed by atoms with Gasteiger partial charge in [-0.1, -0.05) is 20.8 Å². The molecular weight excluding hydrogens is 272 g/mol. The first-order valence-electron chi connectivity index (χ1n) is 7.48. The molecule has 6 heteroatoms. The summed E-state index contributed by atoms with van der Waals surface area (Å²) in [6.07, 6.45) is 0.653. The minimum absolute atomic E-state index is 0.000313. The Labute approximate surface area is 125 Å². The van der Waals surface area contributed by atoms with E-state index in [9.17, 15) is 19.5 Å². The van der Waals surface area contributed by atoms with Crippen molar-refractivity contribution >= 4 is 17.8 Å². The molecule has 0 spiro atoms. The summed E-state index contributed by atoms with van der Waals surface area (Å²) in [5, 5.41) is 11.9. The van der Waals surface area contributed by atoms with Crippen LogP contribution in [0.2, 0.25) is 0 Å². The van der Waals surface area contributed by atoms with Gasteiger partial charge in [-0.05, 0) is 19.3 Å². The van der Waals surface area contributed by atoms with Crippen LogP contribution in [0.1, 0.15) is 40.5 Å². The van der Waals surface area contributed by atoms with Crippen LogP contribution < -0.4 is 5.32 Å². The van der Waals surface area contributed by atoms with E-state index in [0.717, 1.165) is 0 Å². The SMILES string of the molecule is CCC(C)(CNC(=O)C1CC(=O)N(CC(C)C)C1)C(=O)O. The van der Waals surface area contributed by atoms with E-state index in [1.165, 1.54) is 0 Å². The zero-order valence-corrected chi connectivity index (χ0v) is 13.3. The van der Waals surface area contributed by atoms with Crippen LogP contribution in [0.3, 0.4) is 0 Å². The zero-order chi connectivity index (χ0) is 16.2. The number of aliphatic carboxylic acids is 1. The molecule has 1 fully saturated rings. The number of amides is 2. The summed E-state index contributed by atoms with van der Waals surface area (Å²) in [5.74, 6) is -1.15. The maximum Gasteiger partial charge on any atom is 0.311 e. The lowest BCUT2D eigenvalue weighted by Gasteiger charge is -2.24. The highest BCUT2D eigenvalue weighted by atomic mass is 16.4. The Morgan fingerprint density at radius 1 is 1.48 bits per heavy atom. The first kappa shape index (κ1) is 17.5. The second kappa shape index (κ2) is 6.91. The molecule has 2 unspecified atom stereocenters. The minimum Gasteiger partial charge on any atom is -0.481 e. The topological polar surface area (TPSA) is 86.7 Å². The van der Waals surface area contributed by atoms with Crippen LogP contribution in [0, 0.1) is 17.3 Å². The van der Waals surface area contributed by atoms with Gasteiger partial charge in [0.2, 0.25) is 11.8 Å². The van der Waals surface area contributed by atoms with Gasteiger partial charge < -0.3 is 15.3 Å². The zero-order valence-electron chi connectivity index (χ0n) is 13.3. The van der Waals surface area contributed by atoms with E-state index in [4.69, 9.17) is 0 Å². The summed E-state index contributed by atoms with van der Waals surface area (Å²) < 4.78 is 0. The largest absolute Gasteiger partial charge is 0.481 e. The molecular formula is C15H26N2O4. The molecule has 0 aliphatic carbocycles. The number of carboxylic acid groups (broad SMARTS) is 1. The predicted molar refractivity (Wildman–Crippen MR) is 78.6 cm³/mol. The molecule has 21 heavy (non-hydrogen) atoms. The standard InChI is InChI=1S/C15H26N2O4/c1-5-15(4,14(20)21)9-16-13(19)11-6-12(18)17(8-11)7-10(2)3/h10-11H,5-9H2,1-4H3,(H,16,19)(H,20,21). The lowest BCUT2D eigenvalue weighted by Crippen LogP contribution is -2.43. The number of carboxylic acids is 1. The summed E-state index contributed by atoms with van der Waals surface area (Å²) in [6, 6.07) is 0. The molecule has 0 aromatic heterocycles. The molecule has 0 aromatic carbocycles. The van der Waals surface area contributed by atoms with Crippen LogP contribution in [-0.4, -0.2) is 47.4 Å². The van der Waals surface area contributed by atoms with E-state index in [1.54, 1.807) is 18.7 Å². The van der Waals surface area contributed by atoms with Crippen LogP contribution in [-0.2, 0) is 14.4 Å². The van der Waals surface area contributed by atoms with Crippen LogP contribution in [0.5, 0.6) is 0 Å². The van der Waals surface area contributed by atoms with Gasteiger partial charge in [0, 0.05) is 26.1 Å². The van der Waals surface area contributed by atoms with Crippen LogP contribution in [0.4, 0.5) is 0 Å². The number of carbonyl (C=O) groups is 3. The van der Waals surface area contributed by atoms with Crippen LogP contribution in [0.15, 0.2) is 0 Å². The number of rotatable bonds is 7. The van der Waals surface area contributed by atoms with E-state index in [0.29, 0.717) is 25.4 Å². The number of hydrogen-bond acceptors (Lipinski definition) is 3. The third-order valence-corrected chi connectivity index (χ3v) is 4.12. The molecule has 2 amide bonds. The van der Waals surface area contributed by atoms with E-state index in [1.807, 2.05) is 13.8 Å². The molecule has 0 radical (unpaired) electrons. The van der Waals surface area contributed by atoms with Gasteiger partial charge in [0.15, 0.2) is 0 Å². The van der Waals surface area contributed by atoms with Crippen molar-refractivity contribution in [2.75, 3.05) is 19.6 Å². The summed E-state index contributed by atoms with van der Waals surface area (Å²) in [5.41, 5.74) is -0.962. The predicted octanol–water partition coefficient (Wildman–Crippen LogP) is 1.11. The molecule has 120 valence electrons. The van der Waals surface area contributed by atoms with Crippen molar-refractivity contribution in [1.29, 1.82) is 0 Å². The van der Waals surface area contributed by atoms with Gasteiger partial charge in [0.1, 0.15) is 0 Å². The Bertz CT molecular complexity index is 422. The van der Waals surface area contributed by atoms with Crippen molar-refractivity contribution in [2.45, 2.75) is 40.5 Å². The first-order chi connectivity index (χ1) is 9.69. The van der Waals surface area contributed by atoms with Crippen molar-refractivity contribution in [2.24, 2.45) is 17.3 Å². The Balaban J connectivity index is 2.54. The van der Waals surface area contributed by atoms with Crippen molar-refractivity contribution in [1.82, 2.24) is 10.2 Å². The molecule has 0 bridgehead atoms. The van der Waals surface area contributed by atoms with Crippen molar-refractivity contribution in [3.63, 3.8) is 0 Å². The molecule has 1 aliphatic heterocycles. The third-order valence-electron chi connectivity index (χ3n) is 4.12. The van der Waals surface area contributed by atoms with Gasteiger partial charge >= 0.3 is 5.97 Å². The first-order valence-corrected chi connectivity index (χ1v) is 7.48. The highest BCUT2D eigenvalue weighted by Crippen LogP contribution is 2.22. The van der Waals surface area contributed by atoms with E-state index in [2.05, 4.69) is 5.32 Å². The third kappa shape index (κ3) is 4.44. The summed E-state index contributed by atoms with van der Waals surface area (Å²) >= 11 is 0. The highest BCUT2D eigenvalue weighted by Gasteiger charge is 2.36. The second-order valence-electron chi connectivity index (χ2n) is 6.53. The summed E-state index contributed by atoms with van der Waals surface area (Å²) in [7, 11) is 0. The second-order valence-corrected chi connectivity index (χ2v) is 6.53. The minimum atomic E-state index is -0.962.